The van der Waals surface area contributed by atoms with Crippen LogP contribution in [0.4, 0.5) is 0 Å². The van der Waals surface area contributed by atoms with Crippen molar-refractivity contribution in [1.82, 2.24) is 14.8 Å². The Hall–Kier alpha value is -2.97. The smallest absolute Gasteiger partial charge is 0.328 e. The Morgan fingerprint density at radius 3 is 2.33 bits per heavy atom. The van der Waals surface area contributed by atoms with E-state index >= 15 is 0 Å². The molecule has 1 aliphatic carbocycles. The van der Waals surface area contributed by atoms with Gasteiger partial charge in [-0.15, -0.1) is 0 Å². The molecule has 1 aromatic heterocycles. The second-order valence-electron chi connectivity index (χ2n) is 7.49. The van der Waals surface area contributed by atoms with Crippen LogP contribution in [0.2, 0.25) is 0 Å². The fourth-order valence-corrected chi connectivity index (χ4v) is 3.89. The molecule has 0 bridgehead atoms. The quantitative estimate of drug-likeness (QED) is 0.737. The van der Waals surface area contributed by atoms with Crippen LogP contribution in [0, 0.1) is 6.92 Å². The summed E-state index contributed by atoms with van der Waals surface area (Å²) in [6, 6.07) is 9.08. The Kier molecular flexibility index (Phi) is 7.02. The molecule has 8 heteroatoms. The Labute approximate surface area is 175 Å². The predicted octanol–water partition coefficient (Wildman–Crippen LogP) is 2.13. The lowest BCUT2D eigenvalue weighted by Gasteiger charge is -2.37. The Bertz CT molecular complexity index is 913. The number of carbonyl (C=O) groups is 2. The zero-order chi connectivity index (χ0) is 21.7. The van der Waals surface area contributed by atoms with E-state index in [0.29, 0.717) is 12.2 Å². The number of aryl methyl sites for hydroxylation is 3. The molecule has 160 valence electrons. The topological polar surface area (TPSA) is 107 Å². The maximum atomic E-state index is 9.55. The molecule has 1 aliphatic heterocycles. The maximum Gasteiger partial charge on any atom is 0.328 e. The first-order valence-electron chi connectivity index (χ1n) is 9.95. The second kappa shape index (κ2) is 9.69. The molecule has 2 aromatic rings. The largest absolute Gasteiger partial charge is 0.478 e. The number of benzene rings is 1. The Morgan fingerprint density at radius 1 is 1.07 bits per heavy atom. The molecule has 2 N–H and O–H groups in total. The van der Waals surface area contributed by atoms with Crippen molar-refractivity contribution < 1.29 is 24.2 Å². The third-order valence-corrected chi connectivity index (χ3v) is 5.34. The number of hydrogen-bond donors (Lipinski definition) is 2. The van der Waals surface area contributed by atoms with Gasteiger partial charge in [-0.3, -0.25) is 4.90 Å². The first kappa shape index (κ1) is 21.7. The minimum Gasteiger partial charge on any atom is -0.478 e. The lowest BCUT2D eigenvalue weighted by atomic mass is 9.97. The number of hydrogen-bond acceptors (Lipinski definition) is 6. The van der Waals surface area contributed by atoms with Crippen LogP contribution >= 0.6 is 0 Å². The van der Waals surface area contributed by atoms with Gasteiger partial charge in [0.05, 0.1) is 6.04 Å². The molecular formula is C22H27N3O5. The summed E-state index contributed by atoms with van der Waals surface area (Å²) in [4.78, 5) is 28.8. The van der Waals surface area contributed by atoms with E-state index in [0.717, 1.165) is 56.4 Å². The molecule has 4 rings (SSSR count). The van der Waals surface area contributed by atoms with Gasteiger partial charge in [-0.1, -0.05) is 24.3 Å². The van der Waals surface area contributed by atoms with E-state index in [9.17, 15) is 9.59 Å². The molecule has 2 heterocycles. The van der Waals surface area contributed by atoms with Gasteiger partial charge in [0.2, 0.25) is 0 Å². The van der Waals surface area contributed by atoms with Crippen molar-refractivity contribution in [3.8, 4) is 0 Å². The van der Waals surface area contributed by atoms with Crippen molar-refractivity contribution in [2.45, 2.75) is 25.8 Å². The molecule has 8 nitrogen and oxygen atoms in total. The molecule has 1 saturated heterocycles. The van der Waals surface area contributed by atoms with Gasteiger partial charge in [-0.05, 0) is 24.6 Å². The number of nitrogens with zero attached hydrogens (tertiary/aromatic N) is 3. The van der Waals surface area contributed by atoms with Crippen molar-refractivity contribution in [2.75, 3.05) is 33.2 Å². The highest BCUT2D eigenvalue weighted by Crippen LogP contribution is 2.36. The lowest BCUT2D eigenvalue weighted by Crippen LogP contribution is -2.46. The summed E-state index contributed by atoms with van der Waals surface area (Å²) in [6.45, 7) is 6.36. The average Bonchev–Trinajstić information content (AvgIpc) is 3.01. The molecule has 0 amide bonds. The molecule has 0 spiro atoms. The van der Waals surface area contributed by atoms with E-state index < -0.39 is 11.9 Å². The SMILES string of the molecule is Cc1nc2c(o1)CCc1ccccc1C2N1CCN(C)CC1.O=C(O)C=CC(=O)O. The van der Waals surface area contributed by atoms with E-state index in [2.05, 4.69) is 41.1 Å². The van der Waals surface area contributed by atoms with Gasteiger partial charge in [0.1, 0.15) is 11.5 Å². The van der Waals surface area contributed by atoms with Gasteiger partial charge >= 0.3 is 11.9 Å². The first-order valence-corrected chi connectivity index (χ1v) is 9.95. The molecule has 0 radical (unpaired) electrons. The monoisotopic (exact) mass is 413 g/mol. The van der Waals surface area contributed by atoms with Crippen LogP contribution in [-0.2, 0) is 22.4 Å². The minimum absolute atomic E-state index is 0.250. The van der Waals surface area contributed by atoms with Crippen molar-refractivity contribution in [2.24, 2.45) is 0 Å². The molecule has 1 fully saturated rings. The second-order valence-corrected chi connectivity index (χ2v) is 7.49. The maximum absolute atomic E-state index is 9.55. The predicted molar refractivity (Wildman–Crippen MR) is 110 cm³/mol. The van der Waals surface area contributed by atoms with E-state index in [4.69, 9.17) is 19.6 Å². The molecule has 1 atom stereocenters. The third-order valence-electron chi connectivity index (χ3n) is 5.34. The number of carboxylic acids is 2. The Balaban J connectivity index is 0.000000275. The molecule has 0 saturated carbocycles. The van der Waals surface area contributed by atoms with Crippen LogP contribution in [0.5, 0.6) is 0 Å². The number of aliphatic carboxylic acids is 2. The van der Waals surface area contributed by atoms with Gasteiger partial charge in [-0.2, -0.15) is 0 Å². The highest BCUT2D eigenvalue weighted by Gasteiger charge is 2.33. The summed E-state index contributed by atoms with van der Waals surface area (Å²) in [7, 11) is 2.20. The number of fused-ring (bicyclic) bond motifs is 2. The first-order chi connectivity index (χ1) is 14.3. The standard InChI is InChI=1S/C18H23N3O.C4H4O4/c1-13-19-17-16(22-13)8-7-14-5-3-4-6-15(14)18(17)21-11-9-20(2)10-12-21;5-3(6)1-2-4(7)8/h3-6,18H,7-12H2,1-2H3;1-2H,(H,5,6)(H,7,8). The number of piperazine rings is 1. The molecule has 2 aliphatic rings. The van der Waals surface area contributed by atoms with E-state index in [1.807, 2.05) is 6.92 Å². The molecule has 30 heavy (non-hydrogen) atoms. The van der Waals surface area contributed by atoms with Crippen LogP contribution in [0.1, 0.15) is 34.5 Å². The minimum atomic E-state index is -1.26. The van der Waals surface area contributed by atoms with E-state index in [1.54, 1.807) is 0 Å². The summed E-state index contributed by atoms with van der Waals surface area (Å²) in [6.07, 6.45) is 3.12. The zero-order valence-corrected chi connectivity index (χ0v) is 17.2. The van der Waals surface area contributed by atoms with Gasteiger partial charge in [-0.25, -0.2) is 14.6 Å². The average molecular weight is 413 g/mol. The van der Waals surface area contributed by atoms with Gasteiger partial charge in [0, 0.05) is 51.7 Å². The van der Waals surface area contributed by atoms with Crippen LogP contribution < -0.4 is 0 Å². The van der Waals surface area contributed by atoms with Crippen molar-refractivity contribution in [3.05, 3.63) is 64.9 Å². The number of likely N-dealkylation sites (N-methyl/N-ethyl adjacent to an activating group) is 1. The third kappa shape index (κ3) is 5.34. The summed E-state index contributed by atoms with van der Waals surface area (Å²) >= 11 is 0. The van der Waals surface area contributed by atoms with Crippen LogP contribution in [-0.4, -0.2) is 70.2 Å². The fraction of sp³-hybridized carbons (Fsp3) is 0.409. The molecule has 1 aromatic carbocycles. The molecular weight excluding hydrogens is 386 g/mol. The van der Waals surface area contributed by atoms with Crippen LogP contribution in [0.25, 0.3) is 0 Å². The number of rotatable bonds is 3. The Morgan fingerprint density at radius 2 is 1.70 bits per heavy atom. The lowest BCUT2D eigenvalue weighted by molar-refractivity contribution is -0.134. The summed E-state index contributed by atoms with van der Waals surface area (Å²) in [5.41, 5.74) is 4.00. The van der Waals surface area contributed by atoms with E-state index in [1.165, 1.54) is 11.1 Å². The van der Waals surface area contributed by atoms with E-state index in [-0.39, 0.29) is 6.04 Å². The zero-order valence-electron chi connectivity index (χ0n) is 17.2. The highest BCUT2D eigenvalue weighted by molar-refractivity contribution is 5.89. The van der Waals surface area contributed by atoms with Gasteiger partial charge < -0.3 is 19.5 Å². The highest BCUT2D eigenvalue weighted by atomic mass is 16.4. The summed E-state index contributed by atoms with van der Waals surface area (Å²) in [5.74, 6) is -0.638. The van der Waals surface area contributed by atoms with Crippen LogP contribution in [0.15, 0.2) is 40.8 Å². The number of oxazole rings is 1. The van der Waals surface area contributed by atoms with Gasteiger partial charge in [0.15, 0.2) is 5.89 Å². The van der Waals surface area contributed by atoms with Gasteiger partial charge in [0.25, 0.3) is 0 Å². The molecule has 1 unspecified atom stereocenters. The van der Waals surface area contributed by atoms with Crippen LogP contribution in [0.3, 0.4) is 0 Å². The van der Waals surface area contributed by atoms with Crippen molar-refractivity contribution >= 4 is 11.9 Å². The van der Waals surface area contributed by atoms with Crippen molar-refractivity contribution in [1.29, 1.82) is 0 Å². The number of aromatic nitrogens is 1. The van der Waals surface area contributed by atoms with Crippen molar-refractivity contribution in [3.63, 3.8) is 0 Å². The summed E-state index contributed by atoms with van der Waals surface area (Å²) in [5, 5.41) is 15.6. The summed E-state index contributed by atoms with van der Waals surface area (Å²) < 4.78 is 5.91. The number of carboxylic acid groups (broad SMARTS) is 2. The fourth-order valence-electron chi connectivity index (χ4n) is 3.89. The normalized spacial score (nSPS) is 19.3.